The standard InChI is InChI=1S/C14H9F3N4O2/c1-23-13(22)8-4-5-18-12-10(8)20-11(21-12)9-3-2-7(6-19-9)14(15,16)17/h2-6H,1H3,(H,18,20,21). The van der Waals surface area contributed by atoms with Gasteiger partial charge in [0.2, 0.25) is 0 Å². The molecule has 3 aromatic heterocycles. The van der Waals surface area contributed by atoms with Crippen molar-refractivity contribution in [1.29, 1.82) is 0 Å². The van der Waals surface area contributed by atoms with Gasteiger partial charge >= 0.3 is 12.1 Å². The number of rotatable bonds is 2. The van der Waals surface area contributed by atoms with Crippen LogP contribution in [0.3, 0.4) is 0 Å². The number of esters is 1. The summed E-state index contributed by atoms with van der Waals surface area (Å²) in [7, 11) is 1.24. The highest BCUT2D eigenvalue weighted by molar-refractivity contribution is 6.01. The summed E-state index contributed by atoms with van der Waals surface area (Å²) in [5, 5.41) is 0. The van der Waals surface area contributed by atoms with Gasteiger partial charge in [-0.3, -0.25) is 4.98 Å². The predicted octanol–water partition coefficient (Wildman–Crippen LogP) is 2.83. The van der Waals surface area contributed by atoms with Gasteiger partial charge < -0.3 is 9.72 Å². The molecule has 0 fully saturated rings. The Hall–Kier alpha value is -2.97. The minimum Gasteiger partial charge on any atom is -0.465 e. The Kier molecular flexibility index (Phi) is 3.47. The molecule has 0 aliphatic rings. The Bertz CT molecular complexity index is 872. The molecule has 0 saturated heterocycles. The number of pyridine rings is 2. The van der Waals surface area contributed by atoms with E-state index in [1.165, 1.54) is 25.4 Å². The lowest BCUT2D eigenvalue weighted by molar-refractivity contribution is -0.137. The van der Waals surface area contributed by atoms with Crippen molar-refractivity contribution in [2.24, 2.45) is 0 Å². The number of methoxy groups -OCH3 is 1. The maximum absolute atomic E-state index is 12.5. The molecule has 0 atom stereocenters. The van der Waals surface area contributed by atoms with Crippen molar-refractivity contribution < 1.29 is 22.7 Å². The van der Waals surface area contributed by atoms with Gasteiger partial charge in [0.15, 0.2) is 11.5 Å². The summed E-state index contributed by atoms with van der Waals surface area (Å²) in [4.78, 5) is 26.4. The Morgan fingerprint density at radius 3 is 2.61 bits per heavy atom. The normalized spacial score (nSPS) is 11.7. The maximum atomic E-state index is 12.5. The van der Waals surface area contributed by atoms with Crippen LogP contribution in [0.15, 0.2) is 30.6 Å². The van der Waals surface area contributed by atoms with Crippen molar-refractivity contribution in [1.82, 2.24) is 19.9 Å². The van der Waals surface area contributed by atoms with E-state index in [4.69, 9.17) is 0 Å². The second kappa shape index (κ2) is 5.34. The van der Waals surface area contributed by atoms with Crippen molar-refractivity contribution in [3.8, 4) is 11.5 Å². The van der Waals surface area contributed by atoms with E-state index in [9.17, 15) is 18.0 Å². The number of fused-ring (bicyclic) bond motifs is 1. The van der Waals surface area contributed by atoms with Gasteiger partial charge in [-0.1, -0.05) is 0 Å². The zero-order valence-corrected chi connectivity index (χ0v) is 11.7. The number of hydrogen-bond donors (Lipinski definition) is 1. The van der Waals surface area contributed by atoms with Crippen molar-refractivity contribution in [2.45, 2.75) is 6.18 Å². The largest absolute Gasteiger partial charge is 0.465 e. The van der Waals surface area contributed by atoms with Crippen LogP contribution in [-0.2, 0) is 10.9 Å². The fourth-order valence-corrected chi connectivity index (χ4v) is 2.01. The summed E-state index contributed by atoms with van der Waals surface area (Å²) in [6.07, 6.45) is -2.35. The molecule has 0 spiro atoms. The van der Waals surface area contributed by atoms with Crippen LogP contribution in [0.5, 0.6) is 0 Å². The van der Waals surface area contributed by atoms with E-state index in [1.54, 1.807) is 0 Å². The summed E-state index contributed by atoms with van der Waals surface area (Å²) >= 11 is 0. The number of nitrogens with zero attached hydrogens (tertiary/aromatic N) is 3. The first-order chi connectivity index (χ1) is 10.9. The average Bonchev–Trinajstić information content (AvgIpc) is 2.97. The SMILES string of the molecule is COC(=O)c1ccnc2nc(-c3ccc(C(F)(F)F)cn3)[nH]c12. The quantitative estimate of drug-likeness (QED) is 0.734. The van der Waals surface area contributed by atoms with Crippen LogP contribution in [0.4, 0.5) is 13.2 Å². The lowest BCUT2D eigenvalue weighted by Gasteiger charge is -2.05. The molecule has 9 heteroatoms. The fraction of sp³-hybridized carbons (Fsp3) is 0.143. The fourth-order valence-electron chi connectivity index (χ4n) is 2.01. The highest BCUT2D eigenvalue weighted by Gasteiger charge is 2.30. The highest BCUT2D eigenvalue weighted by Crippen LogP contribution is 2.29. The van der Waals surface area contributed by atoms with Crippen LogP contribution in [0, 0.1) is 0 Å². The number of carbonyl (C=O) groups is 1. The van der Waals surface area contributed by atoms with Gasteiger partial charge in [0, 0.05) is 12.4 Å². The van der Waals surface area contributed by atoms with E-state index in [0.29, 0.717) is 5.52 Å². The topological polar surface area (TPSA) is 80.8 Å². The third-order valence-electron chi connectivity index (χ3n) is 3.13. The molecule has 23 heavy (non-hydrogen) atoms. The molecular weight excluding hydrogens is 313 g/mol. The molecule has 0 aliphatic heterocycles. The summed E-state index contributed by atoms with van der Waals surface area (Å²) < 4.78 is 42.3. The van der Waals surface area contributed by atoms with Crippen molar-refractivity contribution in [2.75, 3.05) is 7.11 Å². The number of imidazole rings is 1. The number of aromatic amines is 1. The average molecular weight is 322 g/mol. The Morgan fingerprint density at radius 1 is 1.22 bits per heavy atom. The molecule has 6 nitrogen and oxygen atoms in total. The minimum atomic E-state index is -4.46. The molecule has 0 aromatic carbocycles. The first kappa shape index (κ1) is 14.9. The van der Waals surface area contributed by atoms with Crippen molar-refractivity contribution >= 4 is 17.1 Å². The number of carbonyl (C=O) groups excluding carboxylic acids is 1. The second-order valence-electron chi connectivity index (χ2n) is 4.56. The van der Waals surface area contributed by atoms with Crippen LogP contribution < -0.4 is 0 Å². The van der Waals surface area contributed by atoms with Crippen LogP contribution in [0.1, 0.15) is 15.9 Å². The smallest absolute Gasteiger partial charge is 0.417 e. The Balaban J connectivity index is 2.06. The molecule has 3 rings (SSSR count). The number of halogens is 3. The third kappa shape index (κ3) is 2.72. The van der Waals surface area contributed by atoms with E-state index < -0.39 is 17.7 Å². The summed E-state index contributed by atoms with van der Waals surface area (Å²) in [5.41, 5.74) is 0.140. The molecule has 0 unspecified atom stereocenters. The zero-order valence-electron chi connectivity index (χ0n) is 11.7. The zero-order chi connectivity index (χ0) is 16.6. The van der Waals surface area contributed by atoms with Crippen LogP contribution >= 0.6 is 0 Å². The van der Waals surface area contributed by atoms with Gasteiger partial charge in [-0.2, -0.15) is 13.2 Å². The first-order valence-corrected chi connectivity index (χ1v) is 6.37. The Morgan fingerprint density at radius 2 is 2.00 bits per heavy atom. The predicted molar refractivity (Wildman–Crippen MR) is 73.5 cm³/mol. The van der Waals surface area contributed by atoms with Crippen LogP contribution in [0.25, 0.3) is 22.7 Å². The number of hydrogen-bond acceptors (Lipinski definition) is 5. The number of aromatic nitrogens is 4. The van der Waals surface area contributed by atoms with E-state index in [1.807, 2.05) is 0 Å². The molecule has 0 aliphatic carbocycles. The van der Waals surface area contributed by atoms with E-state index in [-0.39, 0.29) is 22.7 Å². The molecular formula is C14H9F3N4O2. The maximum Gasteiger partial charge on any atom is 0.417 e. The molecule has 0 radical (unpaired) electrons. The minimum absolute atomic E-state index is 0.201. The van der Waals surface area contributed by atoms with Gasteiger partial charge in [0.25, 0.3) is 0 Å². The number of alkyl halides is 3. The van der Waals surface area contributed by atoms with E-state index >= 15 is 0 Å². The monoisotopic (exact) mass is 322 g/mol. The number of nitrogens with one attached hydrogen (secondary N) is 1. The van der Waals surface area contributed by atoms with Crippen LogP contribution in [0.2, 0.25) is 0 Å². The van der Waals surface area contributed by atoms with Gasteiger partial charge in [-0.25, -0.2) is 14.8 Å². The van der Waals surface area contributed by atoms with Gasteiger partial charge in [0.1, 0.15) is 5.69 Å². The summed E-state index contributed by atoms with van der Waals surface area (Å²) in [6, 6.07) is 3.55. The van der Waals surface area contributed by atoms with Gasteiger partial charge in [-0.05, 0) is 18.2 Å². The van der Waals surface area contributed by atoms with Crippen molar-refractivity contribution in [3.63, 3.8) is 0 Å². The van der Waals surface area contributed by atoms with E-state index in [0.717, 1.165) is 12.3 Å². The molecule has 3 aromatic rings. The highest BCUT2D eigenvalue weighted by atomic mass is 19.4. The first-order valence-electron chi connectivity index (χ1n) is 6.37. The second-order valence-corrected chi connectivity index (χ2v) is 4.56. The van der Waals surface area contributed by atoms with Gasteiger partial charge in [-0.15, -0.1) is 0 Å². The van der Waals surface area contributed by atoms with Gasteiger partial charge in [0.05, 0.1) is 23.8 Å². The molecule has 0 bridgehead atoms. The molecule has 118 valence electrons. The lowest BCUT2D eigenvalue weighted by Crippen LogP contribution is -2.05. The summed E-state index contributed by atoms with van der Waals surface area (Å²) in [5.74, 6) is -0.370. The third-order valence-corrected chi connectivity index (χ3v) is 3.13. The Labute approximate surface area is 127 Å². The van der Waals surface area contributed by atoms with Crippen molar-refractivity contribution in [3.05, 3.63) is 41.7 Å². The molecule has 3 heterocycles. The molecule has 0 amide bonds. The molecule has 0 saturated carbocycles. The molecule has 1 N–H and O–H groups in total. The van der Waals surface area contributed by atoms with E-state index in [2.05, 4.69) is 24.7 Å². The summed E-state index contributed by atoms with van der Waals surface area (Å²) in [6.45, 7) is 0. The lowest BCUT2D eigenvalue weighted by atomic mass is 10.2. The van der Waals surface area contributed by atoms with Crippen LogP contribution in [-0.4, -0.2) is 33.0 Å². The number of H-pyrrole nitrogens is 1. The number of ether oxygens (including phenoxy) is 1.